The molecular weight excluding hydrogens is 488 g/mol. The van der Waals surface area contributed by atoms with Crippen LogP contribution in [-0.2, 0) is 23.9 Å². The summed E-state index contributed by atoms with van der Waals surface area (Å²) in [5.74, 6) is -1.32. The van der Waals surface area contributed by atoms with Crippen molar-refractivity contribution in [3.05, 3.63) is 84.4 Å². The third-order valence-electron chi connectivity index (χ3n) is 5.22. The first kappa shape index (κ1) is 27.0. The van der Waals surface area contributed by atoms with Crippen molar-refractivity contribution in [1.82, 2.24) is 0 Å². The Morgan fingerprint density at radius 1 is 0.833 bits per heavy atom. The van der Waals surface area contributed by atoms with Gasteiger partial charge >= 0.3 is 16.1 Å². The molecule has 3 aromatic carbocycles. The van der Waals surface area contributed by atoms with Crippen LogP contribution in [0.4, 0.5) is 8.78 Å². The first-order valence-corrected chi connectivity index (χ1v) is 12.9. The summed E-state index contributed by atoms with van der Waals surface area (Å²) in [6, 6.07) is 23.9. The molecule has 36 heavy (non-hydrogen) atoms. The summed E-state index contributed by atoms with van der Waals surface area (Å²) in [6.45, 7) is 3.17. The highest BCUT2D eigenvalue weighted by molar-refractivity contribution is 7.86. The zero-order valence-electron chi connectivity index (χ0n) is 19.9. The lowest BCUT2D eigenvalue weighted by molar-refractivity contribution is -0.147. The Hall–Kier alpha value is -3.59. The van der Waals surface area contributed by atoms with Crippen LogP contribution in [0.5, 0.6) is 0 Å². The van der Waals surface area contributed by atoms with Crippen LogP contribution in [0, 0.1) is 5.92 Å². The van der Waals surface area contributed by atoms with E-state index in [-0.39, 0.29) is 24.5 Å². The molecule has 0 N–H and O–H groups in total. The fourth-order valence-electron chi connectivity index (χ4n) is 3.25. The molecule has 0 saturated heterocycles. The molecule has 3 aromatic rings. The van der Waals surface area contributed by atoms with Gasteiger partial charge in [-0.3, -0.25) is 9.08 Å². The highest BCUT2D eigenvalue weighted by Crippen LogP contribution is 2.25. The second-order valence-corrected chi connectivity index (χ2v) is 9.98. The number of benzene rings is 3. The van der Waals surface area contributed by atoms with E-state index in [2.05, 4.69) is 9.44 Å². The number of halogens is 2. The molecular formula is C27H27F2NO5S. The number of ether oxygens (including phenoxy) is 1. The van der Waals surface area contributed by atoms with Gasteiger partial charge in [-0.15, -0.1) is 0 Å². The van der Waals surface area contributed by atoms with Crippen LogP contribution in [-0.4, -0.2) is 38.9 Å². The second kappa shape index (κ2) is 12.4. The summed E-state index contributed by atoms with van der Waals surface area (Å²) in [5.41, 5.74) is 3.08. The average Bonchev–Trinajstić information content (AvgIpc) is 2.87. The van der Waals surface area contributed by atoms with Gasteiger partial charge in [0.05, 0.1) is 18.3 Å². The minimum Gasteiger partial charge on any atom is -0.465 e. The number of hydrogen-bond donors (Lipinski definition) is 0. The second-order valence-electron chi connectivity index (χ2n) is 8.31. The molecule has 0 saturated carbocycles. The van der Waals surface area contributed by atoms with Crippen LogP contribution in [0.15, 0.2) is 84.0 Å². The molecule has 0 aliphatic heterocycles. The molecule has 0 aliphatic rings. The summed E-state index contributed by atoms with van der Waals surface area (Å²) in [7, 11) is -4.23. The van der Waals surface area contributed by atoms with Gasteiger partial charge in [-0.25, -0.2) is 8.78 Å². The van der Waals surface area contributed by atoms with Crippen LogP contribution in [0.25, 0.3) is 22.3 Å². The number of rotatable bonds is 11. The van der Waals surface area contributed by atoms with Crippen molar-refractivity contribution < 1.29 is 31.0 Å². The quantitative estimate of drug-likeness (QED) is 0.137. The molecule has 0 fully saturated rings. The van der Waals surface area contributed by atoms with Gasteiger partial charge in [0.25, 0.3) is 6.43 Å². The summed E-state index contributed by atoms with van der Waals surface area (Å²) < 4.78 is 60.6. The molecule has 0 aliphatic carbocycles. The van der Waals surface area contributed by atoms with E-state index in [1.165, 1.54) is 12.1 Å². The fourth-order valence-corrected chi connectivity index (χ4v) is 3.99. The molecule has 0 bridgehead atoms. The number of carbonyl (C=O) groups excluding carboxylic acids is 1. The number of alkyl halides is 2. The van der Waals surface area contributed by atoms with E-state index in [9.17, 15) is 22.0 Å². The maximum atomic E-state index is 13.6. The molecule has 0 atom stereocenters. The molecule has 3 rings (SSSR count). The summed E-state index contributed by atoms with van der Waals surface area (Å²) in [5, 5.41) is 3.23. The van der Waals surface area contributed by atoms with Crippen molar-refractivity contribution >= 4 is 21.8 Å². The smallest absolute Gasteiger partial charge is 0.328 e. The Labute approximate surface area is 209 Å². The van der Waals surface area contributed by atoms with E-state index in [1.807, 2.05) is 54.6 Å². The lowest BCUT2D eigenvalue weighted by Crippen LogP contribution is -2.17. The minimum atomic E-state index is -4.23. The Morgan fingerprint density at radius 3 is 1.83 bits per heavy atom. The normalized spacial score (nSPS) is 12.1. The minimum absolute atomic E-state index is 0.0377. The number of nitrogens with zero attached hydrogens (tertiary/aromatic N) is 1. The standard InChI is InChI=1S/C27H27F2NO5S/c1-19(2)27(31)34-17-6-18-36(32,33)35-30-25(26(28)29)24-15-13-23(14-16-24)22-11-9-21(10-12-22)20-7-4-3-5-8-20/h3-5,7-16,19,26H,6,17-18H2,1-2H3/b30-25-. The fraction of sp³-hybridized carbons (Fsp3) is 0.259. The van der Waals surface area contributed by atoms with Gasteiger partial charge < -0.3 is 4.74 Å². The van der Waals surface area contributed by atoms with Gasteiger partial charge in [-0.05, 0) is 28.7 Å². The topological polar surface area (TPSA) is 82.0 Å². The largest absolute Gasteiger partial charge is 0.465 e. The highest BCUT2D eigenvalue weighted by atomic mass is 32.2. The molecule has 6 nitrogen and oxygen atoms in total. The Kier molecular flexibility index (Phi) is 9.30. The molecule has 0 amide bonds. The van der Waals surface area contributed by atoms with E-state index in [0.29, 0.717) is 0 Å². The van der Waals surface area contributed by atoms with Crippen LogP contribution in [0.3, 0.4) is 0 Å². The van der Waals surface area contributed by atoms with E-state index < -0.39 is 34.0 Å². The predicted molar refractivity (Wildman–Crippen MR) is 135 cm³/mol. The van der Waals surface area contributed by atoms with Crippen molar-refractivity contribution in [3.8, 4) is 22.3 Å². The van der Waals surface area contributed by atoms with E-state index >= 15 is 0 Å². The number of oxime groups is 1. The van der Waals surface area contributed by atoms with Crippen LogP contribution < -0.4 is 0 Å². The van der Waals surface area contributed by atoms with Crippen LogP contribution >= 0.6 is 0 Å². The molecule has 0 aromatic heterocycles. The lowest BCUT2D eigenvalue weighted by Gasteiger charge is -2.09. The zero-order chi connectivity index (χ0) is 26.1. The maximum absolute atomic E-state index is 13.6. The zero-order valence-corrected chi connectivity index (χ0v) is 20.8. The number of esters is 1. The first-order valence-electron chi connectivity index (χ1n) is 11.4. The third kappa shape index (κ3) is 7.71. The maximum Gasteiger partial charge on any atom is 0.328 e. The Bertz CT molecular complexity index is 1270. The van der Waals surface area contributed by atoms with E-state index in [4.69, 9.17) is 4.74 Å². The molecule has 9 heteroatoms. The molecule has 0 spiro atoms. The molecule has 0 unspecified atom stereocenters. The van der Waals surface area contributed by atoms with Crippen LogP contribution in [0.1, 0.15) is 25.8 Å². The van der Waals surface area contributed by atoms with Crippen LogP contribution in [0.2, 0.25) is 0 Å². The van der Waals surface area contributed by atoms with Gasteiger partial charge in [0, 0.05) is 5.56 Å². The Morgan fingerprint density at radius 2 is 1.33 bits per heavy atom. The number of carbonyl (C=O) groups is 1. The van der Waals surface area contributed by atoms with Gasteiger partial charge in [0.15, 0.2) is 5.71 Å². The average molecular weight is 516 g/mol. The van der Waals surface area contributed by atoms with E-state index in [0.717, 1.165) is 22.3 Å². The number of hydrogen-bond acceptors (Lipinski definition) is 6. The predicted octanol–water partition coefficient (Wildman–Crippen LogP) is 5.93. The summed E-state index contributed by atoms with van der Waals surface area (Å²) in [6.07, 6.45) is -3.10. The first-order chi connectivity index (χ1) is 17.2. The van der Waals surface area contributed by atoms with Crippen molar-refractivity contribution in [3.63, 3.8) is 0 Å². The van der Waals surface area contributed by atoms with Gasteiger partial charge in [0.2, 0.25) is 0 Å². The van der Waals surface area contributed by atoms with Gasteiger partial charge in [-0.1, -0.05) is 97.9 Å². The van der Waals surface area contributed by atoms with Crippen molar-refractivity contribution in [1.29, 1.82) is 0 Å². The van der Waals surface area contributed by atoms with Crippen molar-refractivity contribution in [2.75, 3.05) is 12.4 Å². The third-order valence-corrected chi connectivity index (χ3v) is 6.31. The molecule has 0 heterocycles. The summed E-state index contributed by atoms with van der Waals surface area (Å²) >= 11 is 0. The monoisotopic (exact) mass is 515 g/mol. The van der Waals surface area contributed by atoms with Gasteiger partial charge in [-0.2, -0.15) is 8.42 Å². The van der Waals surface area contributed by atoms with Crippen molar-refractivity contribution in [2.45, 2.75) is 26.7 Å². The highest BCUT2D eigenvalue weighted by Gasteiger charge is 2.20. The van der Waals surface area contributed by atoms with Gasteiger partial charge in [0.1, 0.15) is 0 Å². The van der Waals surface area contributed by atoms with Crippen molar-refractivity contribution in [2.24, 2.45) is 11.1 Å². The Balaban J connectivity index is 1.65. The lowest BCUT2D eigenvalue weighted by atomic mass is 9.99. The van der Waals surface area contributed by atoms with E-state index in [1.54, 1.807) is 26.0 Å². The SMILES string of the molecule is CC(C)C(=O)OCCCS(=O)(=O)O/N=C(/c1ccc(-c2ccc(-c3ccccc3)cc2)cc1)C(F)F. The summed E-state index contributed by atoms with van der Waals surface area (Å²) in [4.78, 5) is 11.4. The molecule has 190 valence electrons. The molecule has 0 radical (unpaired) electrons.